The molecule has 2 rings (SSSR count). The van der Waals surface area contributed by atoms with Crippen LogP contribution in [0, 0.1) is 0 Å². The highest BCUT2D eigenvalue weighted by Gasteiger charge is 2.39. The summed E-state index contributed by atoms with van der Waals surface area (Å²) < 4.78 is 0. The Labute approximate surface area is 131 Å². The number of amides is 2. The van der Waals surface area contributed by atoms with E-state index in [1.54, 1.807) is 11.8 Å². The lowest BCUT2D eigenvalue weighted by atomic mass is 9.99. The number of nitrogens with one attached hydrogen (secondary N) is 1. The van der Waals surface area contributed by atoms with E-state index >= 15 is 0 Å². The van der Waals surface area contributed by atoms with Crippen molar-refractivity contribution in [3.63, 3.8) is 0 Å². The minimum absolute atomic E-state index is 0.0157. The largest absolute Gasteiger partial charge is 0.387 e. The van der Waals surface area contributed by atoms with E-state index in [-0.39, 0.29) is 17.9 Å². The molecule has 1 atom stereocenters. The number of hydrogen-bond acceptors (Lipinski definition) is 5. The van der Waals surface area contributed by atoms with Crippen LogP contribution < -0.4 is 11.1 Å². The Morgan fingerprint density at radius 1 is 1.32 bits per heavy atom. The summed E-state index contributed by atoms with van der Waals surface area (Å²) >= 11 is 0. The van der Waals surface area contributed by atoms with Gasteiger partial charge in [-0.05, 0) is 19.3 Å². The van der Waals surface area contributed by atoms with Gasteiger partial charge in [-0.15, -0.1) is 0 Å². The lowest BCUT2D eigenvalue weighted by molar-refractivity contribution is -0.131. The average molecular weight is 312 g/mol. The SMILES string of the molecule is CC(=O)NC1CCN(CC2(O)CCN(C(=O)CCN)C2)CC1. The maximum absolute atomic E-state index is 11.9. The molecule has 126 valence electrons. The van der Waals surface area contributed by atoms with Crippen LogP contribution in [-0.4, -0.2) is 77.6 Å². The lowest BCUT2D eigenvalue weighted by Crippen LogP contribution is -2.50. The van der Waals surface area contributed by atoms with E-state index in [4.69, 9.17) is 5.73 Å². The number of carbonyl (C=O) groups excluding carboxylic acids is 2. The van der Waals surface area contributed by atoms with Gasteiger partial charge in [0.15, 0.2) is 0 Å². The molecule has 4 N–H and O–H groups in total. The van der Waals surface area contributed by atoms with Gasteiger partial charge >= 0.3 is 0 Å². The average Bonchev–Trinajstić information content (AvgIpc) is 2.83. The molecule has 2 saturated heterocycles. The molecule has 0 aliphatic carbocycles. The van der Waals surface area contributed by atoms with Crippen LogP contribution >= 0.6 is 0 Å². The van der Waals surface area contributed by atoms with Crippen molar-refractivity contribution in [3.8, 4) is 0 Å². The second-order valence-corrected chi connectivity index (χ2v) is 6.58. The number of rotatable bonds is 5. The number of likely N-dealkylation sites (tertiary alicyclic amines) is 2. The van der Waals surface area contributed by atoms with Gasteiger partial charge in [0.05, 0.1) is 12.1 Å². The lowest BCUT2D eigenvalue weighted by Gasteiger charge is -2.36. The highest BCUT2D eigenvalue weighted by Crippen LogP contribution is 2.24. The molecule has 0 aromatic carbocycles. The molecule has 2 amide bonds. The number of piperidine rings is 1. The third kappa shape index (κ3) is 4.66. The molecular formula is C15H28N4O3. The Bertz CT molecular complexity index is 410. The molecule has 2 heterocycles. The fourth-order valence-electron chi connectivity index (χ4n) is 3.42. The normalized spacial score (nSPS) is 27.1. The second kappa shape index (κ2) is 7.39. The second-order valence-electron chi connectivity index (χ2n) is 6.58. The third-order valence-corrected chi connectivity index (χ3v) is 4.56. The van der Waals surface area contributed by atoms with Crippen LogP contribution in [0.1, 0.15) is 32.6 Å². The van der Waals surface area contributed by atoms with Crippen LogP contribution in [-0.2, 0) is 9.59 Å². The van der Waals surface area contributed by atoms with Gasteiger partial charge in [-0.25, -0.2) is 0 Å². The van der Waals surface area contributed by atoms with E-state index in [1.165, 1.54) is 0 Å². The molecule has 7 nitrogen and oxygen atoms in total. The van der Waals surface area contributed by atoms with Crippen LogP contribution in [0.2, 0.25) is 0 Å². The van der Waals surface area contributed by atoms with E-state index in [1.807, 2.05) is 0 Å². The van der Waals surface area contributed by atoms with Crippen molar-refractivity contribution in [2.24, 2.45) is 5.73 Å². The first-order chi connectivity index (χ1) is 10.4. The molecule has 7 heteroatoms. The van der Waals surface area contributed by atoms with Crippen molar-refractivity contribution in [2.45, 2.75) is 44.2 Å². The van der Waals surface area contributed by atoms with Gasteiger partial charge in [0.1, 0.15) is 0 Å². The molecule has 2 fully saturated rings. The monoisotopic (exact) mass is 312 g/mol. The van der Waals surface area contributed by atoms with Gasteiger partial charge in [-0.1, -0.05) is 0 Å². The van der Waals surface area contributed by atoms with Crippen molar-refractivity contribution < 1.29 is 14.7 Å². The Hall–Kier alpha value is -1.18. The smallest absolute Gasteiger partial charge is 0.223 e. The maximum Gasteiger partial charge on any atom is 0.223 e. The zero-order valence-corrected chi connectivity index (χ0v) is 13.4. The summed E-state index contributed by atoms with van der Waals surface area (Å²) in [4.78, 5) is 26.9. The molecule has 1 unspecified atom stereocenters. The molecule has 2 aliphatic heterocycles. The molecule has 0 aromatic rings. The first-order valence-corrected chi connectivity index (χ1v) is 8.11. The highest BCUT2D eigenvalue weighted by atomic mass is 16.3. The summed E-state index contributed by atoms with van der Waals surface area (Å²) in [7, 11) is 0. The molecule has 0 saturated carbocycles. The first kappa shape index (κ1) is 17.2. The molecule has 22 heavy (non-hydrogen) atoms. The van der Waals surface area contributed by atoms with E-state index < -0.39 is 5.60 Å². The van der Waals surface area contributed by atoms with E-state index in [0.717, 1.165) is 25.9 Å². The summed E-state index contributed by atoms with van der Waals surface area (Å²) in [5.74, 6) is 0.0460. The van der Waals surface area contributed by atoms with Crippen molar-refractivity contribution in [3.05, 3.63) is 0 Å². The van der Waals surface area contributed by atoms with E-state index in [0.29, 0.717) is 39.0 Å². The van der Waals surface area contributed by atoms with Crippen LogP contribution in [0.15, 0.2) is 0 Å². The predicted molar refractivity (Wildman–Crippen MR) is 83.1 cm³/mol. The molecular weight excluding hydrogens is 284 g/mol. The van der Waals surface area contributed by atoms with Crippen LogP contribution in [0.5, 0.6) is 0 Å². The molecule has 0 spiro atoms. The van der Waals surface area contributed by atoms with E-state index in [9.17, 15) is 14.7 Å². The van der Waals surface area contributed by atoms with Gasteiger partial charge in [-0.3, -0.25) is 9.59 Å². The maximum atomic E-state index is 11.9. The minimum atomic E-state index is -0.814. The van der Waals surface area contributed by atoms with Crippen molar-refractivity contribution in [1.29, 1.82) is 0 Å². The zero-order chi connectivity index (χ0) is 16.2. The highest BCUT2D eigenvalue weighted by molar-refractivity contribution is 5.76. The molecule has 2 aliphatic rings. The Morgan fingerprint density at radius 3 is 2.59 bits per heavy atom. The summed E-state index contributed by atoms with van der Waals surface area (Å²) in [5, 5.41) is 13.7. The summed E-state index contributed by atoms with van der Waals surface area (Å²) in [6, 6.07) is 0.245. The number of aliphatic hydroxyl groups is 1. The van der Waals surface area contributed by atoms with Crippen LogP contribution in [0.25, 0.3) is 0 Å². The zero-order valence-electron chi connectivity index (χ0n) is 13.4. The Balaban J connectivity index is 1.77. The number of nitrogens with zero attached hydrogens (tertiary/aromatic N) is 2. The van der Waals surface area contributed by atoms with E-state index in [2.05, 4.69) is 10.2 Å². The fraction of sp³-hybridized carbons (Fsp3) is 0.867. The third-order valence-electron chi connectivity index (χ3n) is 4.56. The number of β-amino-alcohol motifs (C(OH)–C–C–N with tert-alkyl or cyclic N) is 1. The molecule has 0 bridgehead atoms. The number of hydrogen-bond donors (Lipinski definition) is 3. The number of carbonyl (C=O) groups is 2. The van der Waals surface area contributed by atoms with Crippen molar-refractivity contribution in [2.75, 3.05) is 39.3 Å². The summed E-state index contributed by atoms with van der Waals surface area (Å²) in [6.07, 6.45) is 2.78. The summed E-state index contributed by atoms with van der Waals surface area (Å²) in [5.41, 5.74) is 4.60. The van der Waals surface area contributed by atoms with Crippen LogP contribution in [0.3, 0.4) is 0 Å². The topological polar surface area (TPSA) is 98.9 Å². The minimum Gasteiger partial charge on any atom is -0.387 e. The van der Waals surface area contributed by atoms with Gasteiger partial charge in [-0.2, -0.15) is 0 Å². The van der Waals surface area contributed by atoms with Crippen molar-refractivity contribution in [1.82, 2.24) is 15.1 Å². The standard InChI is InChI=1S/C15H28N4O3/c1-12(20)17-13-3-7-18(8-4-13)10-15(22)5-9-19(11-15)14(21)2-6-16/h13,22H,2-11,16H2,1H3,(H,17,20). The number of nitrogens with two attached hydrogens (primary N) is 1. The Kier molecular flexibility index (Phi) is 5.77. The fourth-order valence-corrected chi connectivity index (χ4v) is 3.42. The van der Waals surface area contributed by atoms with Gasteiger partial charge < -0.3 is 26.0 Å². The van der Waals surface area contributed by atoms with Crippen LogP contribution in [0.4, 0.5) is 0 Å². The first-order valence-electron chi connectivity index (χ1n) is 8.11. The van der Waals surface area contributed by atoms with Gasteiger partial charge in [0.25, 0.3) is 0 Å². The van der Waals surface area contributed by atoms with Crippen molar-refractivity contribution >= 4 is 11.8 Å². The molecule has 0 radical (unpaired) electrons. The quantitative estimate of drug-likeness (QED) is 0.598. The molecule has 0 aromatic heterocycles. The predicted octanol–water partition coefficient (Wildman–Crippen LogP) is -1.10. The van der Waals surface area contributed by atoms with Gasteiger partial charge in [0, 0.05) is 52.1 Å². The summed E-state index contributed by atoms with van der Waals surface area (Å²) in [6.45, 7) is 5.22. The van der Waals surface area contributed by atoms with Gasteiger partial charge in [0.2, 0.25) is 11.8 Å². The Morgan fingerprint density at radius 2 is 2.00 bits per heavy atom.